The Kier molecular flexibility index (Phi) is 1.73. The molecular formula is C9H10N4O. The van der Waals surface area contributed by atoms with Crippen LogP contribution >= 0.6 is 0 Å². The number of nitrogens with two attached hydrogens (primary N) is 1. The molecule has 5 heteroatoms. The molecule has 2 aromatic heterocycles. The van der Waals surface area contributed by atoms with Gasteiger partial charge in [0.15, 0.2) is 0 Å². The average molecular weight is 190 g/mol. The topological polar surface area (TPSA) is 73.3 Å². The van der Waals surface area contributed by atoms with Gasteiger partial charge in [0.2, 0.25) is 5.95 Å². The molecule has 0 saturated carbocycles. The fourth-order valence-corrected chi connectivity index (χ4v) is 1.40. The Bertz CT molecular complexity index is 558. The third-order valence-electron chi connectivity index (χ3n) is 2.11. The fourth-order valence-electron chi connectivity index (χ4n) is 1.40. The van der Waals surface area contributed by atoms with Crippen molar-refractivity contribution in [3.05, 3.63) is 33.9 Å². The van der Waals surface area contributed by atoms with Crippen molar-refractivity contribution in [3.63, 3.8) is 0 Å². The molecule has 14 heavy (non-hydrogen) atoms. The Labute approximate surface area is 80.2 Å². The summed E-state index contributed by atoms with van der Waals surface area (Å²) < 4.78 is 1.45. The molecule has 0 bridgehead atoms. The number of nitrogen functional groups attached to an aromatic ring is 1. The number of anilines is 1. The molecule has 0 spiro atoms. The lowest BCUT2D eigenvalue weighted by Crippen LogP contribution is -2.22. The molecule has 0 aliphatic heterocycles. The molecule has 0 fully saturated rings. The van der Waals surface area contributed by atoms with Crippen molar-refractivity contribution in [1.82, 2.24) is 14.4 Å². The van der Waals surface area contributed by atoms with Gasteiger partial charge in [-0.05, 0) is 25.5 Å². The normalized spacial score (nSPS) is 10.7. The first-order valence-electron chi connectivity index (χ1n) is 4.22. The van der Waals surface area contributed by atoms with Crippen molar-refractivity contribution in [1.29, 1.82) is 0 Å². The van der Waals surface area contributed by atoms with Crippen molar-refractivity contribution in [2.75, 3.05) is 5.73 Å². The number of hydrogen-bond acceptors (Lipinski definition) is 4. The molecule has 0 amide bonds. The van der Waals surface area contributed by atoms with Crippen LogP contribution in [0.2, 0.25) is 0 Å². The quantitative estimate of drug-likeness (QED) is 0.648. The first-order chi connectivity index (χ1) is 6.59. The zero-order valence-corrected chi connectivity index (χ0v) is 7.98. The van der Waals surface area contributed by atoms with Gasteiger partial charge >= 0.3 is 5.69 Å². The minimum absolute atomic E-state index is 0.0173. The van der Waals surface area contributed by atoms with E-state index in [4.69, 9.17) is 5.73 Å². The van der Waals surface area contributed by atoms with Gasteiger partial charge in [-0.2, -0.15) is 9.97 Å². The zero-order valence-electron chi connectivity index (χ0n) is 7.98. The first kappa shape index (κ1) is 8.68. The summed E-state index contributed by atoms with van der Waals surface area (Å²) in [5.74, 6) is 0.0173. The second-order valence-electron chi connectivity index (χ2n) is 3.18. The highest BCUT2D eigenvalue weighted by Gasteiger charge is 2.05. The third-order valence-corrected chi connectivity index (χ3v) is 2.11. The minimum atomic E-state index is -0.381. The lowest BCUT2D eigenvalue weighted by Gasteiger charge is -2.05. The molecule has 0 aromatic carbocycles. The molecule has 2 heterocycles. The zero-order chi connectivity index (χ0) is 10.3. The number of aromatic nitrogens is 3. The highest BCUT2D eigenvalue weighted by Crippen LogP contribution is 2.07. The van der Waals surface area contributed by atoms with E-state index in [0.717, 1.165) is 11.3 Å². The predicted molar refractivity (Wildman–Crippen MR) is 53.1 cm³/mol. The van der Waals surface area contributed by atoms with E-state index >= 15 is 0 Å². The number of nitrogens with zero attached hydrogens (tertiary/aromatic N) is 3. The molecule has 5 nitrogen and oxygen atoms in total. The van der Waals surface area contributed by atoms with Crippen molar-refractivity contribution >= 4 is 11.6 Å². The Hall–Kier alpha value is -1.91. The van der Waals surface area contributed by atoms with Gasteiger partial charge in [0.05, 0.1) is 0 Å². The van der Waals surface area contributed by atoms with Crippen LogP contribution in [0.4, 0.5) is 5.95 Å². The Morgan fingerprint density at radius 1 is 1.29 bits per heavy atom. The monoisotopic (exact) mass is 190 g/mol. The van der Waals surface area contributed by atoms with Crippen LogP contribution in [0.1, 0.15) is 11.3 Å². The second-order valence-corrected chi connectivity index (χ2v) is 3.18. The smallest absolute Gasteiger partial charge is 0.356 e. The maximum atomic E-state index is 11.5. The highest BCUT2D eigenvalue weighted by molar-refractivity contribution is 5.49. The van der Waals surface area contributed by atoms with Gasteiger partial charge in [-0.3, -0.25) is 0 Å². The SMILES string of the molecule is Cc1ccc(C)n2c(=O)nc(N)nc12. The van der Waals surface area contributed by atoms with E-state index < -0.39 is 0 Å². The van der Waals surface area contributed by atoms with Crippen molar-refractivity contribution in [2.45, 2.75) is 13.8 Å². The molecule has 0 aliphatic rings. The van der Waals surface area contributed by atoms with Crippen molar-refractivity contribution < 1.29 is 0 Å². The van der Waals surface area contributed by atoms with E-state index in [1.165, 1.54) is 4.40 Å². The standard InChI is InChI=1S/C9H10N4O/c1-5-3-4-6(2)13-7(5)11-8(10)12-9(13)14/h3-4H,1-2H3,(H2,10,12,14). The van der Waals surface area contributed by atoms with Gasteiger partial charge in [-0.15, -0.1) is 0 Å². The Balaban J connectivity index is 3.08. The van der Waals surface area contributed by atoms with Crippen molar-refractivity contribution in [2.24, 2.45) is 0 Å². The number of fused-ring (bicyclic) bond motifs is 1. The molecular weight excluding hydrogens is 180 g/mol. The summed E-state index contributed by atoms with van der Waals surface area (Å²) in [6.07, 6.45) is 0. The predicted octanol–water partition coefficient (Wildman–Crippen LogP) is 0.289. The van der Waals surface area contributed by atoms with Crippen LogP contribution in [0.25, 0.3) is 5.65 Å². The summed E-state index contributed by atoms with van der Waals surface area (Å²) >= 11 is 0. The lowest BCUT2D eigenvalue weighted by molar-refractivity contribution is 0.910. The molecule has 2 aromatic rings. The van der Waals surface area contributed by atoms with Crippen LogP contribution in [0, 0.1) is 13.8 Å². The maximum Gasteiger partial charge on any atom is 0.356 e. The summed E-state index contributed by atoms with van der Waals surface area (Å²) in [5, 5.41) is 0. The molecule has 0 radical (unpaired) electrons. The van der Waals surface area contributed by atoms with Crippen LogP contribution in [0.5, 0.6) is 0 Å². The van der Waals surface area contributed by atoms with Gasteiger partial charge < -0.3 is 5.73 Å². The van der Waals surface area contributed by atoms with E-state index in [2.05, 4.69) is 9.97 Å². The number of pyridine rings is 1. The third kappa shape index (κ3) is 1.14. The molecule has 0 unspecified atom stereocenters. The van der Waals surface area contributed by atoms with E-state index in [1.807, 2.05) is 26.0 Å². The molecule has 2 N–H and O–H groups in total. The summed E-state index contributed by atoms with van der Waals surface area (Å²) in [4.78, 5) is 19.1. The molecule has 0 atom stereocenters. The Morgan fingerprint density at radius 2 is 2.00 bits per heavy atom. The van der Waals surface area contributed by atoms with Crippen LogP contribution in [-0.2, 0) is 0 Å². The van der Waals surface area contributed by atoms with Crippen molar-refractivity contribution in [3.8, 4) is 0 Å². The van der Waals surface area contributed by atoms with Gasteiger partial charge in [-0.25, -0.2) is 9.20 Å². The Morgan fingerprint density at radius 3 is 2.71 bits per heavy atom. The van der Waals surface area contributed by atoms with E-state index in [0.29, 0.717) is 5.65 Å². The number of aryl methyl sites for hydroxylation is 2. The van der Waals surface area contributed by atoms with E-state index in [-0.39, 0.29) is 11.6 Å². The van der Waals surface area contributed by atoms with Crippen LogP contribution in [-0.4, -0.2) is 14.4 Å². The van der Waals surface area contributed by atoms with E-state index in [9.17, 15) is 4.79 Å². The van der Waals surface area contributed by atoms with Crippen LogP contribution in [0.3, 0.4) is 0 Å². The lowest BCUT2D eigenvalue weighted by atomic mass is 10.2. The maximum absolute atomic E-state index is 11.5. The van der Waals surface area contributed by atoms with Crippen LogP contribution in [0.15, 0.2) is 16.9 Å². The number of rotatable bonds is 0. The van der Waals surface area contributed by atoms with Gasteiger partial charge in [0.1, 0.15) is 5.65 Å². The summed E-state index contributed by atoms with van der Waals surface area (Å²) in [7, 11) is 0. The molecule has 0 saturated heterocycles. The number of hydrogen-bond donors (Lipinski definition) is 1. The fraction of sp³-hybridized carbons (Fsp3) is 0.222. The molecule has 0 aliphatic carbocycles. The van der Waals surface area contributed by atoms with E-state index in [1.54, 1.807) is 0 Å². The summed E-state index contributed by atoms with van der Waals surface area (Å²) in [6, 6.07) is 3.75. The second kappa shape index (κ2) is 2.80. The molecule has 72 valence electrons. The average Bonchev–Trinajstić information content (AvgIpc) is 2.10. The summed E-state index contributed by atoms with van der Waals surface area (Å²) in [6.45, 7) is 3.70. The van der Waals surface area contributed by atoms with Gasteiger partial charge in [0.25, 0.3) is 0 Å². The van der Waals surface area contributed by atoms with Crippen LogP contribution < -0.4 is 11.4 Å². The molecule has 2 rings (SSSR count). The first-order valence-corrected chi connectivity index (χ1v) is 4.22. The highest BCUT2D eigenvalue weighted by atomic mass is 16.1. The minimum Gasteiger partial charge on any atom is -0.368 e. The van der Waals surface area contributed by atoms with Gasteiger partial charge in [0, 0.05) is 5.69 Å². The summed E-state index contributed by atoms with van der Waals surface area (Å²) in [5.41, 5.74) is 7.30. The largest absolute Gasteiger partial charge is 0.368 e. The van der Waals surface area contributed by atoms with Gasteiger partial charge in [-0.1, -0.05) is 6.07 Å².